The van der Waals surface area contributed by atoms with Crippen molar-refractivity contribution in [3.63, 3.8) is 0 Å². The third-order valence-electron chi connectivity index (χ3n) is 9.87. The Morgan fingerprint density at radius 3 is 1.67 bits per heavy atom. The lowest BCUT2D eigenvalue weighted by Crippen LogP contribution is -2.40. The first-order valence-electron chi connectivity index (χ1n) is 13.5. The molecule has 0 aromatic rings. The topological polar surface area (TPSA) is 0 Å². The van der Waals surface area contributed by atoms with E-state index >= 15 is 0 Å². The minimum Gasteiger partial charge on any atom is -0.244 e. The van der Waals surface area contributed by atoms with E-state index in [1.807, 2.05) is 0 Å². The lowest BCUT2D eigenvalue weighted by atomic mass is 9.60. The van der Waals surface area contributed by atoms with E-state index in [1.54, 1.807) is 0 Å². The zero-order chi connectivity index (χ0) is 21.1. The summed E-state index contributed by atoms with van der Waals surface area (Å²) in [6, 6.07) is 0. The molecular weight excluding hydrogens is 381 g/mol. The fraction of sp³-hybridized carbons (Fsp3) is 1.00. The molecule has 30 heavy (non-hydrogen) atoms. The maximum atomic E-state index is 13.9. The molecule has 4 fully saturated rings. The van der Waals surface area contributed by atoms with Gasteiger partial charge in [-0.3, -0.25) is 0 Å². The number of halogens is 3. The second kappa shape index (κ2) is 10.6. The van der Waals surface area contributed by atoms with Gasteiger partial charge in [0.2, 0.25) is 0 Å². The van der Waals surface area contributed by atoms with Crippen molar-refractivity contribution < 1.29 is 13.2 Å². The Balaban J connectivity index is 1.20. The van der Waals surface area contributed by atoms with Gasteiger partial charge in [0, 0.05) is 0 Å². The third kappa shape index (κ3) is 5.40. The van der Waals surface area contributed by atoms with E-state index in [-0.39, 0.29) is 18.8 Å². The van der Waals surface area contributed by atoms with Crippen LogP contribution in [0.15, 0.2) is 0 Å². The Hall–Kier alpha value is -0.210. The average Bonchev–Trinajstić information content (AvgIpc) is 2.77. The summed E-state index contributed by atoms with van der Waals surface area (Å²) in [5.41, 5.74) is 0. The highest BCUT2D eigenvalue weighted by Gasteiger charge is 2.43. The number of unbranched alkanes of at least 4 members (excludes halogenated alkanes) is 2. The van der Waals surface area contributed by atoms with Gasteiger partial charge in [0.15, 0.2) is 6.17 Å². The molecule has 0 amide bonds. The van der Waals surface area contributed by atoms with E-state index in [4.69, 9.17) is 0 Å². The maximum Gasteiger partial charge on any atom is 0.162 e. The van der Waals surface area contributed by atoms with Crippen LogP contribution in [0.4, 0.5) is 13.2 Å². The summed E-state index contributed by atoms with van der Waals surface area (Å²) in [5, 5.41) is 0. The monoisotopic (exact) mass is 426 g/mol. The van der Waals surface area contributed by atoms with Gasteiger partial charge in [-0.05, 0) is 112 Å². The van der Waals surface area contributed by atoms with Crippen LogP contribution in [-0.4, -0.2) is 18.5 Å². The number of alkyl halides is 3. The van der Waals surface area contributed by atoms with Gasteiger partial charge >= 0.3 is 0 Å². The maximum absolute atomic E-state index is 13.9. The number of hydrogen-bond donors (Lipinski definition) is 0. The molecule has 0 aromatic carbocycles. The van der Waals surface area contributed by atoms with Gasteiger partial charge in [-0.2, -0.15) is 0 Å². The molecule has 0 aromatic heterocycles. The van der Waals surface area contributed by atoms with Crippen LogP contribution in [0.25, 0.3) is 0 Å². The fourth-order valence-corrected chi connectivity index (χ4v) is 8.03. The van der Waals surface area contributed by atoms with E-state index < -0.39 is 18.5 Å². The van der Waals surface area contributed by atoms with E-state index in [2.05, 4.69) is 6.92 Å². The number of rotatable bonds is 6. The zero-order valence-electron chi connectivity index (χ0n) is 19.2. The van der Waals surface area contributed by atoms with Crippen LogP contribution in [0, 0.1) is 41.4 Å². The number of hydrogen-bond acceptors (Lipinski definition) is 0. The summed E-state index contributed by atoms with van der Waals surface area (Å²) in [4.78, 5) is 0. The Kier molecular flexibility index (Phi) is 8.12. The molecule has 4 aliphatic carbocycles. The Bertz CT molecular complexity index is 502. The van der Waals surface area contributed by atoms with Gasteiger partial charge in [0.1, 0.15) is 12.3 Å². The largest absolute Gasteiger partial charge is 0.244 e. The van der Waals surface area contributed by atoms with Gasteiger partial charge < -0.3 is 0 Å². The van der Waals surface area contributed by atoms with Crippen LogP contribution in [0.1, 0.15) is 110 Å². The lowest BCUT2D eigenvalue weighted by molar-refractivity contribution is -0.00918. The minimum absolute atomic E-state index is 0.0710. The summed E-state index contributed by atoms with van der Waals surface area (Å²) in [6.07, 6.45) is 14.6. The Morgan fingerprint density at radius 2 is 1.03 bits per heavy atom. The highest BCUT2D eigenvalue weighted by atomic mass is 19.2. The molecule has 0 heterocycles. The predicted octanol–water partition coefficient (Wildman–Crippen LogP) is 8.63. The summed E-state index contributed by atoms with van der Waals surface area (Å²) in [5.74, 6) is 5.21. The minimum atomic E-state index is -1.88. The molecular formula is C27H45F3. The smallest absolute Gasteiger partial charge is 0.162 e. The normalized spacial score (nSPS) is 47.6. The summed E-state index contributed by atoms with van der Waals surface area (Å²) in [6.45, 7) is 2.30. The van der Waals surface area contributed by atoms with Crippen molar-refractivity contribution in [1.29, 1.82) is 0 Å². The predicted molar refractivity (Wildman–Crippen MR) is 119 cm³/mol. The first-order valence-corrected chi connectivity index (χ1v) is 13.5. The van der Waals surface area contributed by atoms with Crippen molar-refractivity contribution in [3.8, 4) is 0 Å². The highest BCUT2D eigenvalue weighted by Crippen LogP contribution is 2.51. The van der Waals surface area contributed by atoms with Crippen LogP contribution in [-0.2, 0) is 0 Å². The summed E-state index contributed by atoms with van der Waals surface area (Å²) in [7, 11) is 0. The van der Waals surface area contributed by atoms with Crippen LogP contribution >= 0.6 is 0 Å². The second-order valence-electron chi connectivity index (χ2n) is 11.7. The van der Waals surface area contributed by atoms with Gasteiger partial charge in [-0.25, -0.2) is 13.2 Å². The molecule has 4 aliphatic rings. The Morgan fingerprint density at radius 1 is 0.533 bits per heavy atom. The average molecular weight is 427 g/mol. The molecule has 0 radical (unpaired) electrons. The zero-order valence-corrected chi connectivity index (χ0v) is 19.2. The van der Waals surface area contributed by atoms with E-state index in [9.17, 15) is 13.2 Å². The van der Waals surface area contributed by atoms with Crippen LogP contribution in [0.5, 0.6) is 0 Å². The molecule has 0 bridgehead atoms. The van der Waals surface area contributed by atoms with Crippen molar-refractivity contribution in [2.45, 2.75) is 128 Å². The van der Waals surface area contributed by atoms with Gasteiger partial charge in [0.05, 0.1) is 0 Å². The number of fused-ring (bicyclic) bond motifs is 1. The van der Waals surface area contributed by atoms with Crippen LogP contribution in [0.3, 0.4) is 0 Å². The SMILES string of the molecule is CCCCCC1CCC2CC(C3CCC(C4CC(F)C(F)C(F)C4)CC3)CCC2C1. The molecule has 0 nitrogen and oxygen atoms in total. The highest BCUT2D eigenvalue weighted by molar-refractivity contribution is 4.93. The third-order valence-corrected chi connectivity index (χ3v) is 9.87. The standard InChI is InChI=1S/C27H45F3/c1-2-3-4-5-18-6-7-23-15-22(13-12-21(23)14-18)19-8-10-20(11-9-19)24-16-25(28)27(30)26(29)17-24/h18-27H,2-17H2,1H3. The molecule has 6 atom stereocenters. The summed E-state index contributed by atoms with van der Waals surface area (Å²) < 4.78 is 41.2. The van der Waals surface area contributed by atoms with Crippen molar-refractivity contribution >= 4 is 0 Å². The van der Waals surface area contributed by atoms with Gasteiger partial charge in [-0.15, -0.1) is 0 Å². The van der Waals surface area contributed by atoms with E-state index in [1.165, 1.54) is 77.0 Å². The molecule has 174 valence electrons. The van der Waals surface area contributed by atoms with Gasteiger partial charge in [-0.1, -0.05) is 39.0 Å². The molecule has 4 rings (SSSR count). The molecule has 0 aliphatic heterocycles. The van der Waals surface area contributed by atoms with Crippen molar-refractivity contribution in [2.75, 3.05) is 0 Å². The van der Waals surface area contributed by atoms with Crippen molar-refractivity contribution in [3.05, 3.63) is 0 Å². The molecule has 4 saturated carbocycles. The fourth-order valence-electron chi connectivity index (χ4n) is 8.03. The lowest BCUT2D eigenvalue weighted by Gasteiger charge is -2.46. The second-order valence-corrected chi connectivity index (χ2v) is 11.7. The molecule has 6 unspecified atom stereocenters. The molecule has 0 N–H and O–H groups in total. The van der Waals surface area contributed by atoms with E-state index in [0.29, 0.717) is 5.92 Å². The quantitative estimate of drug-likeness (QED) is 0.373. The van der Waals surface area contributed by atoms with Crippen molar-refractivity contribution in [2.24, 2.45) is 41.4 Å². The first kappa shape index (κ1) is 23.0. The molecule has 3 heteroatoms. The van der Waals surface area contributed by atoms with Gasteiger partial charge in [0.25, 0.3) is 0 Å². The first-order chi connectivity index (χ1) is 14.5. The Labute approximate surface area is 183 Å². The van der Waals surface area contributed by atoms with Crippen molar-refractivity contribution in [1.82, 2.24) is 0 Å². The summed E-state index contributed by atoms with van der Waals surface area (Å²) >= 11 is 0. The molecule has 0 spiro atoms. The van der Waals surface area contributed by atoms with Crippen LogP contribution in [0.2, 0.25) is 0 Å². The van der Waals surface area contributed by atoms with Crippen LogP contribution < -0.4 is 0 Å². The van der Waals surface area contributed by atoms with E-state index in [0.717, 1.165) is 42.4 Å². The molecule has 0 saturated heterocycles.